The highest BCUT2D eigenvalue weighted by molar-refractivity contribution is 7.16. The first-order valence-electron chi connectivity index (χ1n) is 11.9. The molecule has 1 amide bonds. The second-order valence-corrected chi connectivity index (χ2v) is 10.2. The number of thiophene rings is 1. The number of carbonyl (C=O) groups is 2. The van der Waals surface area contributed by atoms with Crippen LogP contribution in [0, 0.1) is 11.3 Å². The molecule has 0 saturated heterocycles. The molecule has 1 aromatic heterocycles. The van der Waals surface area contributed by atoms with Gasteiger partial charge in [-0.05, 0) is 62.3 Å². The van der Waals surface area contributed by atoms with Crippen molar-refractivity contribution < 1.29 is 19.1 Å². The molecule has 0 N–H and O–H groups in total. The lowest BCUT2D eigenvalue weighted by molar-refractivity contribution is -0.119. The minimum Gasteiger partial charge on any atom is -0.497 e. The second kappa shape index (κ2) is 9.27. The SMILES string of the molecule is COc1ccc(OC)c(C2CC(=O)N(c3sc4c(c3C#N)CCCCC4)C3=C2C(=O)CCC3)c1. The van der Waals surface area contributed by atoms with Crippen LogP contribution in [-0.2, 0) is 22.4 Å². The number of allylic oxidation sites excluding steroid dienone is 2. The minimum absolute atomic E-state index is 0.0729. The zero-order valence-corrected chi connectivity index (χ0v) is 20.4. The minimum atomic E-state index is -0.389. The van der Waals surface area contributed by atoms with Gasteiger partial charge in [0.15, 0.2) is 5.78 Å². The topological polar surface area (TPSA) is 79.6 Å². The van der Waals surface area contributed by atoms with Crippen LogP contribution in [0.2, 0.25) is 0 Å². The van der Waals surface area contributed by atoms with Gasteiger partial charge in [-0.1, -0.05) is 6.42 Å². The molecule has 0 spiro atoms. The number of rotatable bonds is 4. The van der Waals surface area contributed by atoms with Crippen LogP contribution >= 0.6 is 11.3 Å². The van der Waals surface area contributed by atoms with Gasteiger partial charge in [0.2, 0.25) is 5.91 Å². The van der Waals surface area contributed by atoms with Crippen LogP contribution in [0.5, 0.6) is 11.5 Å². The van der Waals surface area contributed by atoms with Crippen LogP contribution in [-0.4, -0.2) is 25.9 Å². The van der Waals surface area contributed by atoms with Crippen LogP contribution in [0.3, 0.4) is 0 Å². The van der Waals surface area contributed by atoms with Crippen molar-refractivity contribution in [2.75, 3.05) is 19.1 Å². The molecular formula is C27H28N2O4S. The highest BCUT2D eigenvalue weighted by atomic mass is 32.1. The van der Waals surface area contributed by atoms with Crippen LogP contribution in [0.4, 0.5) is 5.00 Å². The van der Waals surface area contributed by atoms with Crippen molar-refractivity contribution in [3.8, 4) is 17.6 Å². The summed E-state index contributed by atoms with van der Waals surface area (Å²) in [5.74, 6) is 0.907. The average molecular weight is 477 g/mol. The third-order valence-electron chi connectivity index (χ3n) is 7.21. The first-order valence-corrected chi connectivity index (χ1v) is 12.7. The maximum absolute atomic E-state index is 13.7. The molecule has 6 nitrogen and oxygen atoms in total. The Morgan fingerprint density at radius 3 is 2.62 bits per heavy atom. The highest BCUT2D eigenvalue weighted by Gasteiger charge is 2.42. The van der Waals surface area contributed by atoms with Crippen molar-refractivity contribution in [1.29, 1.82) is 5.26 Å². The Bertz CT molecular complexity index is 1240. The standard InChI is InChI=1S/C27H28N2O4S/c1-32-16-11-12-23(33-2)18(13-16)19-14-25(31)29(21-8-6-9-22(30)26(19)21)27-20(15-28)17-7-4-3-5-10-24(17)34-27/h11-13,19H,3-10,14H2,1-2H3. The molecule has 0 fully saturated rings. The van der Waals surface area contributed by atoms with Gasteiger partial charge in [-0.2, -0.15) is 5.26 Å². The number of amides is 1. The number of nitrogens with zero attached hydrogens (tertiary/aromatic N) is 2. The van der Waals surface area contributed by atoms with E-state index in [0.717, 1.165) is 48.9 Å². The van der Waals surface area contributed by atoms with E-state index < -0.39 is 0 Å². The number of Topliss-reactive ketones (excluding diaryl/α,β-unsaturated/α-hetero) is 1. The number of methoxy groups -OCH3 is 2. The van der Waals surface area contributed by atoms with E-state index in [-0.39, 0.29) is 24.0 Å². The van der Waals surface area contributed by atoms with Crippen LogP contribution in [0.15, 0.2) is 29.5 Å². The van der Waals surface area contributed by atoms with Crippen LogP contribution in [0.1, 0.15) is 72.4 Å². The third-order valence-corrected chi connectivity index (χ3v) is 8.48. The van der Waals surface area contributed by atoms with Gasteiger partial charge in [-0.25, -0.2) is 0 Å². The van der Waals surface area contributed by atoms with E-state index in [0.29, 0.717) is 46.9 Å². The summed E-state index contributed by atoms with van der Waals surface area (Å²) >= 11 is 1.57. The number of hydrogen-bond donors (Lipinski definition) is 0. The normalized spacial score (nSPS) is 20.4. The molecule has 0 saturated carbocycles. The van der Waals surface area contributed by atoms with Crippen LogP contribution in [0.25, 0.3) is 0 Å². The molecule has 1 atom stereocenters. The Morgan fingerprint density at radius 2 is 1.85 bits per heavy atom. The second-order valence-electron chi connectivity index (χ2n) is 9.09. The number of aryl methyl sites for hydroxylation is 1. The average Bonchev–Trinajstić information content (AvgIpc) is 3.02. The van der Waals surface area contributed by atoms with Gasteiger partial charge in [-0.3, -0.25) is 14.5 Å². The van der Waals surface area contributed by atoms with E-state index in [2.05, 4.69) is 6.07 Å². The zero-order chi connectivity index (χ0) is 23.8. The van der Waals surface area contributed by atoms with E-state index >= 15 is 0 Å². The van der Waals surface area contributed by atoms with Crippen molar-refractivity contribution in [2.24, 2.45) is 0 Å². The van der Waals surface area contributed by atoms with Gasteiger partial charge in [0.05, 0.1) is 19.8 Å². The quantitative estimate of drug-likeness (QED) is 0.550. The van der Waals surface area contributed by atoms with Crippen molar-refractivity contribution in [1.82, 2.24) is 0 Å². The van der Waals surface area contributed by atoms with Gasteiger partial charge in [0.1, 0.15) is 22.6 Å². The predicted molar refractivity (Wildman–Crippen MR) is 131 cm³/mol. The molecule has 2 aliphatic carbocycles. The maximum Gasteiger partial charge on any atom is 0.232 e. The molecule has 1 unspecified atom stereocenters. The summed E-state index contributed by atoms with van der Waals surface area (Å²) in [6, 6.07) is 7.91. The van der Waals surface area contributed by atoms with Gasteiger partial charge in [-0.15, -0.1) is 11.3 Å². The van der Waals surface area contributed by atoms with Gasteiger partial charge >= 0.3 is 0 Å². The molecule has 1 aromatic carbocycles. The summed E-state index contributed by atoms with van der Waals surface area (Å²) in [5, 5.41) is 10.8. The van der Waals surface area contributed by atoms with Crippen molar-refractivity contribution >= 4 is 28.0 Å². The third kappa shape index (κ3) is 3.70. The lowest BCUT2D eigenvalue weighted by atomic mass is 9.77. The van der Waals surface area contributed by atoms with E-state index in [4.69, 9.17) is 9.47 Å². The summed E-state index contributed by atoms with van der Waals surface area (Å²) in [6.45, 7) is 0. The fraction of sp³-hybridized carbons (Fsp3) is 0.444. The zero-order valence-electron chi connectivity index (χ0n) is 19.6. The van der Waals surface area contributed by atoms with Gasteiger partial charge in [0.25, 0.3) is 0 Å². The lowest BCUT2D eigenvalue weighted by Crippen LogP contribution is -2.40. The summed E-state index contributed by atoms with van der Waals surface area (Å²) < 4.78 is 11.0. The number of ether oxygens (including phenoxy) is 2. The Kier molecular flexibility index (Phi) is 6.18. The Hall–Kier alpha value is -3.11. The number of anilines is 1. The van der Waals surface area contributed by atoms with E-state index in [1.54, 1.807) is 30.5 Å². The summed E-state index contributed by atoms with van der Waals surface area (Å²) in [4.78, 5) is 30.0. The Labute approximate surface area is 203 Å². The van der Waals surface area contributed by atoms with Crippen molar-refractivity contribution in [3.05, 3.63) is 51.0 Å². The molecular weight excluding hydrogens is 448 g/mol. The van der Waals surface area contributed by atoms with Crippen molar-refractivity contribution in [3.63, 3.8) is 0 Å². The number of ketones is 1. The van der Waals surface area contributed by atoms with E-state index in [1.165, 1.54) is 4.88 Å². The Morgan fingerprint density at radius 1 is 1.03 bits per heavy atom. The van der Waals surface area contributed by atoms with Crippen molar-refractivity contribution in [2.45, 2.75) is 63.7 Å². The lowest BCUT2D eigenvalue weighted by Gasteiger charge is -2.38. The molecule has 0 radical (unpaired) electrons. The first kappa shape index (κ1) is 22.7. The number of nitriles is 1. The maximum atomic E-state index is 13.7. The first-order chi connectivity index (χ1) is 16.6. The molecule has 3 aliphatic rings. The van der Waals surface area contributed by atoms with Crippen LogP contribution < -0.4 is 14.4 Å². The number of carbonyl (C=O) groups excluding carboxylic acids is 2. The van der Waals surface area contributed by atoms with E-state index in [1.807, 2.05) is 18.2 Å². The summed E-state index contributed by atoms with van der Waals surface area (Å²) in [5.41, 5.74) is 3.96. The molecule has 2 heterocycles. The van der Waals surface area contributed by atoms with Gasteiger partial charge < -0.3 is 9.47 Å². The molecule has 5 rings (SSSR count). The molecule has 2 aromatic rings. The number of hydrogen-bond acceptors (Lipinski definition) is 6. The predicted octanol–water partition coefficient (Wildman–Crippen LogP) is 5.43. The summed E-state index contributed by atoms with van der Waals surface area (Å²) in [6.07, 6.45) is 7.14. The monoisotopic (exact) mass is 476 g/mol. The number of fused-ring (bicyclic) bond motifs is 1. The fourth-order valence-electron chi connectivity index (χ4n) is 5.61. The molecule has 34 heavy (non-hydrogen) atoms. The van der Waals surface area contributed by atoms with E-state index in [9.17, 15) is 14.9 Å². The molecule has 7 heteroatoms. The molecule has 1 aliphatic heterocycles. The summed E-state index contributed by atoms with van der Waals surface area (Å²) in [7, 11) is 3.19. The Balaban J connectivity index is 1.68. The molecule has 176 valence electrons. The largest absolute Gasteiger partial charge is 0.497 e. The highest BCUT2D eigenvalue weighted by Crippen LogP contribution is 2.49. The van der Waals surface area contributed by atoms with Gasteiger partial charge in [0, 0.05) is 40.5 Å². The fourth-order valence-corrected chi connectivity index (χ4v) is 6.99. The molecule has 0 bridgehead atoms. The smallest absolute Gasteiger partial charge is 0.232 e. The number of benzene rings is 1.